The number of likely N-dealkylation sites (N-methyl/N-ethyl adjacent to an activating group) is 1. The first-order valence-corrected chi connectivity index (χ1v) is 5.85. The van der Waals surface area contributed by atoms with Crippen LogP contribution >= 0.6 is 0 Å². The molecule has 1 aromatic rings. The quantitative estimate of drug-likeness (QED) is 0.882. The second-order valence-corrected chi connectivity index (χ2v) is 4.73. The zero-order valence-electron chi connectivity index (χ0n) is 10.7. The molecule has 0 amide bonds. The van der Waals surface area contributed by atoms with Gasteiger partial charge in [0.15, 0.2) is 5.69 Å². The van der Waals surface area contributed by atoms with E-state index >= 15 is 0 Å². The van der Waals surface area contributed by atoms with Gasteiger partial charge >= 0.3 is 6.18 Å². The van der Waals surface area contributed by atoms with Gasteiger partial charge < -0.3 is 9.84 Å². The Morgan fingerprint density at radius 1 is 1.53 bits per heavy atom. The Balaban J connectivity index is 2.08. The van der Waals surface area contributed by atoms with Crippen molar-refractivity contribution in [2.75, 3.05) is 20.3 Å². The number of aliphatic hydroxyl groups excluding tert-OH is 1. The minimum Gasteiger partial charge on any atom is -0.389 e. The molecule has 108 valence electrons. The van der Waals surface area contributed by atoms with E-state index in [0.717, 1.165) is 6.07 Å². The third kappa shape index (κ3) is 3.07. The molecule has 1 fully saturated rings. The van der Waals surface area contributed by atoms with Crippen LogP contribution in [-0.2, 0) is 24.5 Å². The molecular weight excluding hydrogens is 263 g/mol. The molecule has 1 aliphatic heterocycles. The first-order valence-electron chi connectivity index (χ1n) is 5.85. The van der Waals surface area contributed by atoms with Crippen LogP contribution in [0.4, 0.5) is 13.2 Å². The van der Waals surface area contributed by atoms with E-state index in [4.69, 9.17) is 4.74 Å². The van der Waals surface area contributed by atoms with E-state index < -0.39 is 18.0 Å². The lowest BCUT2D eigenvalue weighted by molar-refractivity contribution is -0.141. The fourth-order valence-electron chi connectivity index (χ4n) is 2.12. The number of alkyl halides is 3. The number of rotatable bonds is 3. The van der Waals surface area contributed by atoms with Gasteiger partial charge in [-0.3, -0.25) is 9.58 Å². The Morgan fingerprint density at radius 3 is 2.68 bits per heavy atom. The Labute approximate surface area is 108 Å². The van der Waals surface area contributed by atoms with Crippen LogP contribution in [-0.4, -0.2) is 52.2 Å². The number of aromatic nitrogens is 2. The van der Waals surface area contributed by atoms with E-state index in [1.165, 1.54) is 11.7 Å². The van der Waals surface area contributed by atoms with Gasteiger partial charge in [-0.1, -0.05) is 0 Å². The molecule has 2 atom stereocenters. The van der Waals surface area contributed by atoms with Crippen LogP contribution in [0.3, 0.4) is 0 Å². The third-order valence-corrected chi connectivity index (χ3v) is 3.27. The average Bonchev–Trinajstić information content (AvgIpc) is 2.85. The Morgan fingerprint density at radius 2 is 2.21 bits per heavy atom. The summed E-state index contributed by atoms with van der Waals surface area (Å²) in [6.45, 7) is 0.903. The molecule has 8 heteroatoms. The Hall–Kier alpha value is -1.12. The summed E-state index contributed by atoms with van der Waals surface area (Å²) in [7, 11) is 3.21. The number of hydrogen-bond acceptors (Lipinski definition) is 4. The van der Waals surface area contributed by atoms with E-state index in [2.05, 4.69) is 5.10 Å². The summed E-state index contributed by atoms with van der Waals surface area (Å²) in [5.74, 6) is 0. The molecule has 19 heavy (non-hydrogen) atoms. The number of nitrogens with zero attached hydrogens (tertiary/aromatic N) is 3. The van der Waals surface area contributed by atoms with Gasteiger partial charge in [-0.2, -0.15) is 18.3 Å². The van der Waals surface area contributed by atoms with Crippen molar-refractivity contribution in [1.82, 2.24) is 14.7 Å². The van der Waals surface area contributed by atoms with Gasteiger partial charge in [0, 0.05) is 13.6 Å². The first-order chi connectivity index (χ1) is 8.79. The smallest absolute Gasteiger partial charge is 0.389 e. The molecule has 0 unspecified atom stereocenters. The lowest BCUT2D eigenvalue weighted by Gasteiger charge is -2.25. The monoisotopic (exact) mass is 279 g/mol. The molecule has 5 nitrogen and oxygen atoms in total. The molecule has 0 aliphatic carbocycles. The highest BCUT2D eigenvalue weighted by atomic mass is 19.4. The molecule has 1 N–H and O–H groups in total. The summed E-state index contributed by atoms with van der Waals surface area (Å²) < 4.78 is 43.9. The predicted molar refractivity (Wildman–Crippen MR) is 60.3 cm³/mol. The summed E-state index contributed by atoms with van der Waals surface area (Å²) >= 11 is 0. The van der Waals surface area contributed by atoms with Crippen molar-refractivity contribution in [3.63, 3.8) is 0 Å². The molecule has 0 bridgehead atoms. The highest BCUT2D eigenvalue weighted by molar-refractivity contribution is 5.13. The minimum absolute atomic E-state index is 0.204. The van der Waals surface area contributed by atoms with E-state index in [1.54, 1.807) is 11.9 Å². The summed E-state index contributed by atoms with van der Waals surface area (Å²) in [6, 6.07) is 0.822. The zero-order chi connectivity index (χ0) is 14.2. The Bertz CT molecular complexity index is 447. The van der Waals surface area contributed by atoms with Gasteiger partial charge in [0.05, 0.1) is 31.1 Å². The summed E-state index contributed by atoms with van der Waals surface area (Å²) in [6.07, 6.45) is -5.05. The molecule has 0 radical (unpaired) electrons. The van der Waals surface area contributed by atoms with Gasteiger partial charge in [0.2, 0.25) is 0 Å². The van der Waals surface area contributed by atoms with Gasteiger partial charge in [0.25, 0.3) is 0 Å². The van der Waals surface area contributed by atoms with Crippen LogP contribution in [0.2, 0.25) is 0 Å². The van der Waals surface area contributed by atoms with Gasteiger partial charge in [-0.15, -0.1) is 0 Å². The van der Waals surface area contributed by atoms with Gasteiger partial charge in [0.1, 0.15) is 0 Å². The fraction of sp³-hybridized carbons (Fsp3) is 0.727. The fourth-order valence-corrected chi connectivity index (χ4v) is 2.12. The normalized spacial score (nSPS) is 24.4. The summed E-state index contributed by atoms with van der Waals surface area (Å²) in [4.78, 5) is 1.77. The number of hydrogen-bond donors (Lipinski definition) is 1. The molecule has 1 aliphatic rings. The molecule has 1 aromatic heterocycles. The summed E-state index contributed by atoms with van der Waals surface area (Å²) in [5.41, 5.74) is -0.462. The number of halogens is 3. The van der Waals surface area contributed by atoms with Crippen molar-refractivity contribution in [1.29, 1.82) is 0 Å². The van der Waals surface area contributed by atoms with Crippen molar-refractivity contribution < 1.29 is 23.0 Å². The highest BCUT2D eigenvalue weighted by Crippen LogP contribution is 2.28. The van der Waals surface area contributed by atoms with Crippen LogP contribution in [0, 0.1) is 0 Å². The van der Waals surface area contributed by atoms with Gasteiger partial charge in [-0.05, 0) is 13.1 Å². The van der Waals surface area contributed by atoms with E-state index in [1.807, 2.05) is 0 Å². The topological polar surface area (TPSA) is 50.5 Å². The largest absolute Gasteiger partial charge is 0.435 e. The minimum atomic E-state index is -4.44. The van der Waals surface area contributed by atoms with Crippen molar-refractivity contribution in [2.45, 2.75) is 24.9 Å². The predicted octanol–water partition coefficient (Wildman–Crippen LogP) is 0.630. The average molecular weight is 279 g/mol. The lowest BCUT2D eigenvalue weighted by atomic mass is 10.2. The van der Waals surface area contributed by atoms with Crippen molar-refractivity contribution in [3.05, 3.63) is 17.5 Å². The number of aliphatic hydroxyl groups is 1. The van der Waals surface area contributed by atoms with Gasteiger partial charge in [-0.25, -0.2) is 0 Å². The molecule has 2 heterocycles. The first kappa shape index (κ1) is 14.3. The number of aryl methyl sites for hydroxylation is 1. The third-order valence-electron chi connectivity index (χ3n) is 3.27. The van der Waals surface area contributed by atoms with Crippen molar-refractivity contribution in [3.8, 4) is 0 Å². The molecule has 0 saturated carbocycles. The second kappa shape index (κ2) is 5.10. The summed E-state index contributed by atoms with van der Waals surface area (Å²) in [5, 5.41) is 13.1. The maximum Gasteiger partial charge on any atom is 0.435 e. The van der Waals surface area contributed by atoms with E-state index in [0.29, 0.717) is 12.3 Å². The molecular formula is C11H16F3N3O2. The van der Waals surface area contributed by atoms with Crippen LogP contribution in [0.5, 0.6) is 0 Å². The molecule has 0 spiro atoms. The molecule has 0 aromatic carbocycles. The van der Waals surface area contributed by atoms with Crippen LogP contribution < -0.4 is 0 Å². The maximum atomic E-state index is 12.5. The van der Waals surface area contributed by atoms with Crippen molar-refractivity contribution >= 4 is 0 Å². The van der Waals surface area contributed by atoms with Crippen LogP contribution in [0.25, 0.3) is 0 Å². The lowest BCUT2D eigenvalue weighted by Crippen LogP contribution is -2.40. The second-order valence-electron chi connectivity index (χ2n) is 4.73. The zero-order valence-corrected chi connectivity index (χ0v) is 10.7. The SMILES string of the molecule is CN(Cc1cc(C(F)(F)F)nn1C)[C@@H]1COC[C@H]1O. The van der Waals surface area contributed by atoms with Crippen LogP contribution in [0.15, 0.2) is 6.07 Å². The number of ether oxygens (including phenoxy) is 1. The molecule has 1 saturated heterocycles. The Kier molecular flexibility index (Phi) is 3.84. The van der Waals surface area contributed by atoms with Crippen molar-refractivity contribution in [2.24, 2.45) is 7.05 Å². The van der Waals surface area contributed by atoms with Crippen LogP contribution in [0.1, 0.15) is 11.4 Å². The maximum absolute atomic E-state index is 12.5. The van der Waals surface area contributed by atoms with E-state index in [-0.39, 0.29) is 19.2 Å². The highest BCUT2D eigenvalue weighted by Gasteiger charge is 2.35. The standard InChI is InChI=1S/C11H16F3N3O2/c1-16(8-5-19-6-9(8)18)4-7-3-10(11(12,13)14)15-17(7)2/h3,8-9,18H,4-6H2,1-2H3/t8-,9-/m1/s1. The molecule has 2 rings (SSSR count). The van der Waals surface area contributed by atoms with E-state index in [9.17, 15) is 18.3 Å².